The van der Waals surface area contributed by atoms with E-state index >= 15 is 0 Å². The van der Waals surface area contributed by atoms with E-state index in [1.165, 1.54) is 13.8 Å². The van der Waals surface area contributed by atoms with E-state index in [2.05, 4.69) is 4.72 Å². The molecule has 0 aliphatic carbocycles. The van der Waals surface area contributed by atoms with Gasteiger partial charge in [-0.05, 0) is 19.1 Å². The molecule has 1 aromatic carbocycles. The SMILES string of the molecule is CCS(=O)(=O)CCNS(=O)(=O)c1cc(N)c(C)c(F)c1. The highest BCUT2D eigenvalue weighted by molar-refractivity contribution is 7.91. The van der Waals surface area contributed by atoms with Gasteiger partial charge >= 0.3 is 0 Å². The molecule has 1 rings (SSSR count). The van der Waals surface area contributed by atoms with Gasteiger partial charge in [0.15, 0.2) is 9.84 Å². The first-order valence-corrected chi connectivity index (χ1v) is 9.15. The molecule has 0 bridgehead atoms. The third-order valence-electron chi connectivity index (χ3n) is 2.81. The van der Waals surface area contributed by atoms with Crippen molar-refractivity contribution in [2.45, 2.75) is 18.7 Å². The topological polar surface area (TPSA) is 106 Å². The highest BCUT2D eigenvalue weighted by Gasteiger charge is 2.18. The van der Waals surface area contributed by atoms with Crippen LogP contribution >= 0.6 is 0 Å². The quantitative estimate of drug-likeness (QED) is 0.738. The van der Waals surface area contributed by atoms with Crippen LogP contribution in [0, 0.1) is 12.7 Å². The Morgan fingerprint density at radius 1 is 1.25 bits per heavy atom. The van der Waals surface area contributed by atoms with Crippen LogP contribution in [0.15, 0.2) is 17.0 Å². The number of benzene rings is 1. The summed E-state index contributed by atoms with van der Waals surface area (Å²) in [6.07, 6.45) is 0. The fraction of sp³-hybridized carbons (Fsp3) is 0.455. The maximum Gasteiger partial charge on any atom is 0.240 e. The summed E-state index contributed by atoms with van der Waals surface area (Å²) in [5, 5.41) is 0. The van der Waals surface area contributed by atoms with E-state index in [9.17, 15) is 21.2 Å². The Kier molecular flexibility index (Phi) is 5.11. The standard InChI is InChI=1S/C11H17FN2O4S2/c1-3-19(15,16)5-4-14-20(17,18)9-6-10(12)8(2)11(13)7-9/h6-7,14H,3-5,13H2,1-2H3. The van der Waals surface area contributed by atoms with Gasteiger partial charge in [-0.1, -0.05) is 6.92 Å². The van der Waals surface area contributed by atoms with E-state index in [0.29, 0.717) is 0 Å². The molecule has 0 amide bonds. The maximum atomic E-state index is 13.5. The van der Waals surface area contributed by atoms with Gasteiger partial charge in [0.2, 0.25) is 10.0 Å². The Bertz CT molecular complexity index is 676. The molecule has 0 heterocycles. The summed E-state index contributed by atoms with van der Waals surface area (Å²) >= 11 is 0. The lowest BCUT2D eigenvalue weighted by atomic mass is 10.2. The number of nitrogens with one attached hydrogen (secondary N) is 1. The summed E-state index contributed by atoms with van der Waals surface area (Å²) < 4.78 is 61.9. The van der Waals surface area contributed by atoms with Crippen LogP contribution in [0.5, 0.6) is 0 Å². The van der Waals surface area contributed by atoms with Gasteiger partial charge in [0.25, 0.3) is 0 Å². The van der Waals surface area contributed by atoms with E-state index in [0.717, 1.165) is 12.1 Å². The van der Waals surface area contributed by atoms with Crippen molar-refractivity contribution in [1.29, 1.82) is 0 Å². The van der Waals surface area contributed by atoms with Crippen molar-refractivity contribution < 1.29 is 21.2 Å². The Hall–Kier alpha value is -1.19. The average Bonchev–Trinajstić information content (AvgIpc) is 2.34. The van der Waals surface area contributed by atoms with Gasteiger partial charge in [-0.2, -0.15) is 0 Å². The minimum Gasteiger partial charge on any atom is -0.398 e. The zero-order valence-corrected chi connectivity index (χ0v) is 12.8. The number of rotatable bonds is 6. The molecule has 9 heteroatoms. The van der Waals surface area contributed by atoms with Gasteiger partial charge in [0.1, 0.15) is 5.82 Å². The molecule has 6 nitrogen and oxygen atoms in total. The Balaban J connectivity index is 2.90. The summed E-state index contributed by atoms with van der Waals surface area (Å²) in [6.45, 7) is 2.64. The molecule has 0 saturated carbocycles. The van der Waals surface area contributed by atoms with Gasteiger partial charge in [-0.3, -0.25) is 0 Å². The van der Waals surface area contributed by atoms with E-state index < -0.39 is 25.7 Å². The number of nitrogens with two attached hydrogens (primary N) is 1. The lowest BCUT2D eigenvalue weighted by Crippen LogP contribution is -2.30. The maximum absolute atomic E-state index is 13.5. The number of halogens is 1. The summed E-state index contributed by atoms with van der Waals surface area (Å²) in [7, 11) is -7.26. The third-order valence-corrected chi connectivity index (χ3v) is 5.96. The fourth-order valence-electron chi connectivity index (χ4n) is 1.39. The summed E-state index contributed by atoms with van der Waals surface area (Å²) in [6, 6.07) is 1.98. The van der Waals surface area contributed by atoms with Crippen LogP contribution in [0.3, 0.4) is 0 Å². The number of hydrogen-bond acceptors (Lipinski definition) is 5. The molecule has 0 atom stereocenters. The molecule has 0 radical (unpaired) electrons. The van der Waals surface area contributed by atoms with Gasteiger partial charge in [-0.25, -0.2) is 25.9 Å². The molecule has 0 fully saturated rings. The highest BCUT2D eigenvalue weighted by Crippen LogP contribution is 2.20. The van der Waals surface area contributed by atoms with Crippen molar-refractivity contribution in [3.8, 4) is 0 Å². The van der Waals surface area contributed by atoms with Gasteiger partial charge in [-0.15, -0.1) is 0 Å². The number of anilines is 1. The number of sulfonamides is 1. The first-order chi connectivity index (χ1) is 9.09. The lowest BCUT2D eigenvalue weighted by molar-refractivity contribution is 0.577. The van der Waals surface area contributed by atoms with Gasteiger partial charge < -0.3 is 5.73 Å². The number of nitrogen functional groups attached to an aromatic ring is 1. The van der Waals surface area contributed by atoms with Gasteiger partial charge in [0, 0.05) is 23.5 Å². The molecule has 3 N–H and O–H groups in total. The lowest BCUT2D eigenvalue weighted by Gasteiger charge is -2.09. The monoisotopic (exact) mass is 324 g/mol. The number of sulfone groups is 1. The molecule has 0 aliphatic heterocycles. The van der Waals surface area contributed by atoms with Crippen LogP contribution < -0.4 is 10.5 Å². The van der Waals surface area contributed by atoms with E-state index in [1.807, 2.05) is 0 Å². The smallest absolute Gasteiger partial charge is 0.240 e. The summed E-state index contributed by atoms with van der Waals surface area (Å²) in [4.78, 5) is -0.327. The Labute approximate surface area is 118 Å². The molecule has 0 aliphatic rings. The normalized spacial score (nSPS) is 12.6. The van der Waals surface area contributed by atoms with Crippen molar-refractivity contribution in [3.63, 3.8) is 0 Å². The molecule has 20 heavy (non-hydrogen) atoms. The largest absolute Gasteiger partial charge is 0.398 e. The Morgan fingerprint density at radius 2 is 1.85 bits per heavy atom. The first kappa shape index (κ1) is 16.9. The summed E-state index contributed by atoms with van der Waals surface area (Å²) in [5.74, 6) is -1.11. The van der Waals surface area contributed by atoms with Crippen LogP contribution in [0.4, 0.5) is 10.1 Å². The van der Waals surface area contributed by atoms with Crippen molar-refractivity contribution in [2.24, 2.45) is 0 Å². The average molecular weight is 324 g/mol. The van der Waals surface area contributed by atoms with E-state index in [4.69, 9.17) is 5.73 Å². The van der Waals surface area contributed by atoms with Crippen molar-refractivity contribution in [3.05, 3.63) is 23.5 Å². The number of hydrogen-bond donors (Lipinski definition) is 2. The second-order valence-electron chi connectivity index (χ2n) is 4.25. The zero-order chi connectivity index (χ0) is 15.6. The van der Waals surface area contributed by atoms with Crippen LogP contribution in [0.2, 0.25) is 0 Å². The van der Waals surface area contributed by atoms with Crippen LogP contribution in [-0.4, -0.2) is 34.9 Å². The third kappa shape index (κ3) is 4.15. The minimum atomic E-state index is -3.99. The molecule has 0 spiro atoms. The molecular formula is C11H17FN2O4S2. The van der Waals surface area contributed by atoms with Gasteiger partial charge in [0.05, 0.1) is 10.6 Å². The molecular weight excluding hydrogens is 307 g/mol. The van der Waals surface area contributed by atoms with Crippen molar-refractivity contribution in [2.75, 3.05) is 23.8 Å². The highest BCUT2D eigenvalue weighted by atomic mass is 32.2. The van der Waals surface area contributed by atoms with Crippen LogP contribution in [0.25, 0.3) is 0 Å². The van der Waals surface area contributed by atoms with Crippen molar-refractivity contribution in [1.82, 2.24) is 4.72 Å². The molecule has 114 valence electrons. The van der Waals surface area contributed by atoms with E-state index in [-0.39, 0.29) is 34.2 Å². The first-order valence-electron chi connectivity index (χ1n) is 5.85. The molecule has 0 aromatic heterocycles. The second-order valence-corrected chi connectivity index (χ2v) is 8.49. The van der Waals surface area contributed by atoms with Crippen LogP contribution in [-0.2, 0) is 19.9 Å². The summed E-state index contributed by atoms with van der Waals surface area (Å²) in [5.41, 5.74) is 5.69. The fourth-order valence-corrected chi connectivity index (χ4v) is 3.30. The zero-order valence-electron chi connectivity index (χ0n) is 11.2. The van der Waals surface area contributed by atoms with Crippen molar-refractivity contribution >= 4 is 25.5 Å². The molecule has 1 aromatic rings. The van der Waals surface area contributed by atoms with E-state index in [1.54, 1.807) is 0 Å². The van der Waals surface area contributed by atoms with Crippen LogP contribution in [0.1, 0.15) is 12.5 Å². The Morgan fingerprint density at radius 3 is 2.35 bits per heavy atom. The molecule has 0 unspecified atom stereocenters. The molecule has 0 saturated heterocycles. The minimum absolute atomic E-state index is 0.0200. The second kappa shape index (κ2) is 6.06. The predicted molar refractivity (Wildman–Crippen MR) is 75.1 cm³/mol. The predicted octanol–water partition coefficient (Wildman–Crippen LogP) is 0.429.